The average Bonchev–Trinajstić information content (AvgIpc) is 3.23. The van der Waals surface area contributed by atoms with Crippen LogP contribution in [0.1, 0.15) is 228 Å². The topological polar surface area (TPSA) is 105 Å². The van der Waals surface area contributed by atoms with Gasteiger partial charge < -0.3 is 30.2 Å². The molecule has 0 aliphatic carbocycles. The molecular formula is C53H106N6O4. The Hall–Kier alpha value is -2.20. The van der Waals surface area contributed by atoms with Crippen molar-refractivity contribution in [1.82, 2.24) is 30.2 Å². The minimum Gasteiger partial charge on any atom is -0.354 e. The molecule has 0 aliphatic rings. The van der Waals surface area contributed by atoms with E-state index >= 15 is 0 Å². The molecule has 0 aliphatic heterocycles. The largest absolute Gasteiger partial charge is 0.354 e. The van der Waals surface area contributed by atoms with Gasteiger partial charge in [0.25, 0.3) is 0 Å². The first-order chi connectivity index (χ1) is 30.3. The third-order valence-corrected chi connectivity index (χ3v) is 12.6. The summed E-state index contributed by atoms with van der Waals surface area (Å²) < 4.78 is 0. The van der Waals surface area contributed by atoms with Gasteiger partial charge in [0.2, 0.25) is 23.6 Å². The van der Waals surface area contributed by atoms with Crippen molar-refractivity contribution in [2.45, 2.75) is 240 Å². The van der Waals surface area contributed by atoms with Crippen LogP contribution in [-0.2, 0) is 19.2 Å². The Morgan fingerprint density at radius 3 is 0.873 bits per heavy atom. The molecule has 10 heteroatoms. The van der Waals surface area contributed by atoms with Crippen molar-refractivity contribution < 1.29 is 19.2 Å². The van der Waals surface area contributed by atoms with Gasteiger partial charge in [-0.05, 0) is 65.7 Å². The van der Waals surface area contributed by atoms with Crippen LogP contribution in [0.15, 0.2) is 0 Å². The van der Waals surface area contributed by atoms with Gasteiger partial charge in [-0.15, -0.1) is 0 Å². The quantitative estimate of drug-likeness (QED) is 0.0590. The summed E-state index contributed by atoms with van der Waals surface area (Å²) in [6, 6.07) is -0.941. The first kappa shape index (κ1) is 60.8. The van der Waals surface area contributed by atoms with Crippen LogP contribution >= 0.6 is 0 Å². The number of unbranched alkanes of at least 4 members (excludes halogenated alkanes) is 24. The van der Waals surface area contributed by atoms with Gasteiger partial charge in [-0.1, -0.05) is 189 Å². The number of likely N-dealkylation sites (N-methyl/N-ethyl adjacent to an activating group) is 2. The zero-order valence-corrected chi connectivity index (χ0v) is 43.5. The normalized spacial score (nSPS) is 12.7. The summed E-state index contributed by atoms with van der Waals surface area (Å²) in [5.41, 5.74) is 0. The molecule has 2 N–H and O–H groups in total. The van der Waals surface area contributed by atoms with Crippen LogP contribution in [0.3, 0.4) is 0 Å². The predicted molar refractivity (Wildman–Crippen MR) is 269 cm³/mol. The van der Waals surface area contributed by atoms with Crippen molar-refractivity contribution in [3.05, 3.63) is 0 Å². The SMILES string of the molecule is CCCCCCCCCCCCCC(=O)N(CCN(C)C)C(C(=O)NCCCCCCCNC(=O)C(C(C)C)N(CCN(C)C)C(=O)CCCCCCCCCCCCC)C(C)C. The Labute approximate surface area is 391 Å². The number of nitrogens with one attached hydrogen (secondary N) is 2. The molecule has 0 radical (unpaired) electrons. The van der Waals surface area contributed by atoms with Crippen molar-refractivity contribution in [2.75, 3.05) is 67.5 Å². The third kappa shape index (κ3) is 33.0. The molecule has 0 spiro atoms. The summed E-state index contributed by atoms with van der Waals surface area (Å²) >= 11 is 0. The van der Waals surface area contributed by atoms with Crippen molar-refractivity contribution in [3.63, 3.8) is 0 Å². The van der Waals surface area contributed by atoms with E-state index in [0.29, 0.717) is 39.0 Å². The molecule has 0 saturated heterocycles. The Morgan fingerprint density at radius 2 is 0.619 bits per heavy atom. The minimum absolute atomic E-state index is 0.0199. The van der Waals surface area contributed by atoms with Gasteiger partial charge in [-0.2, -0.15) is 0 Å². The molecule has 0 aromatic heterocycles. The second-order valence-electron chi connectivity index (χ2n) is 20.1. The number of hydrogen-bond acceptors (Lipinski definition) is 6. The molecular weight excluding hydrogens is 785 g/mol. The van der Waals surface area contributed by atoms with Crippen LogP contribution < -0.4 is 10.6 Å². The summed E-state index contributed by atoms with van der Waals surface area (Å²) in [4.78, 5) is 62.2. The van der Waals surface area contributed by atoms with E-state index in [-0.39, 0.29) is 35.5 Å². The number of carbonyl (C=O) groups excluding carboxylic acids is 4. The number of rotatable bonds is 44. The number of carbonyl (C=O) groups is 4. The molecule has 63 heavy (non-hydrogen) atoms. The lowest BCUT2D eigenvalue weighted by atomic mass is 9.99. The molecule has 372 valence electrons. The average molecular weight is 891 g/mol. The molecule has 0 saturated carbocycles. The molecule has 0 bridgehead atoms. The fourth-order valence-corrected chi connectivity index (χ4v) is 8.64. The monoisotopic (exact) mass is 891 g/mol. The van der Waals surface area contributed by atoms with E-state index in [2.05, 4.69) is 34.3 Å². The van der Waals surface area contributed by atoms with Gasteiger partial charge in [0.1, 0.15) is 12.1 Å². The fraction of sp³-hybridized carbons (Fsp3) is 0.925. The Bertz CT molecular complexity index is 1030. The van der Waals surface area contributed by atoms with Crippen LogP contribution in [0.2, 0.25) is 0 Å². The van der Waals surface area contributed by atoms with Gasteiger partial charge in [-0.25, -0.2) is 0 Å². The van der Waals surface area contributed by atoms with Gasteiger partial charge in [0.15, 0.2) is 0 Å². The lowest BCUT2D eigenvalue weighted by Gasteiger charge is -2.34. The summed E-state index contributed by atoms with van der Waals surface area (Å²) in [6.07, 6.45) is 33.2. The van der Waals surface area contributed by atoms with Crippen LogP contribution in [0.5, 0.6) is 0 Å². The minimum atomic E-state index is -0.470. The third-order valence-electron chi connectivity index (χ3n) is 12.6. The van der Waals surface area contributed by atoms with Crippen LogP contribution in [0, 0.1) is 11.8 Å². The second-order valence-corrected chi connectivity index (χ2v) is 20.1. The Kier molecular flexibility index (Phi) is 39.8. The molecule has 0 aromatic rings. The van der Waals surface area contributed by atoms with Crippen LogP contribution in [0.25, 0.3) is 0 Å². The standard InChI is InChI=1S/C53H106N6O4/c1-11-13-15-17-19-21-23-25-27-30-34-38-48(60)58(44-42-56(7)8)50(46(3)4)52(62)54-40-36-32-29-33-37-41-55-53(63)51(47(5)6)59(45-43-57(9)10)49(61)39-35-31-28-26-24-22-20-18-16-14-12-2/h46-47,50-51H,11-45H2,1-10H3,(H,54,62)(H,55,63). The van der Waals surface area contributed by atoms with Crippen LogP contribution in [0.4, 0.5) is 0 Å². The smallest absolute Gasteiger partial charge is 0.243 e. The van der Waals surface area contributed by atoms with E-state index in [9.17, 15) is 19.2 Å². The highest BCUT2D eigenvalue weighted by molar-refractivity contribution is 5.88. The summed E-state index contributed by atoms with van der Waals surface area (Å²) in [7, 11) is 8.05. The fourth-order valence-electron chi connectivity index (χ4n) is 8.64. The van der Waals surface area contributed by atoms with Crippen molar-refractivity contribution in [2.24, 2.45) is 11.8 Å². The van der Waals surface area contributed by atoms with E-state index in [0.717, 1.165) is 70.9 Å². The second kappa shape index (κ2) is 41.2. The zero-order valence-electron chi connectivity index (χ0n) is 43.5. The molecule has 0 fully saturated rings. The molecule has 10 nitrogen and oxygen atoms in total. The molecule has 2 unspecified atom stereocenters. The zero-order chi connectivity index (χ0) is 47.1. The maximum Gasteiger partial charge on any atom is 0.243 e. The van der Waals surface area contributed by atoms with Gasteiger partial charge in [0, 0.05) is 52.1 Å². The Morgan fingerprint density at radius 1 is 0.365 bits per heavy atom. The van der Waals surface area contributed by atoms with Crippen molar-refractivity contribution >= 4 is 23.6 Å². The highest BCUT2D eigenvalue weighted by Crippen LogP contribution is 2.19. The first-order valence-electron chi connectivity index (χ1n) is 26.7. The van der Waals surface area contributed by atoms with Gasteiger partial charge in [0.05, 0.1) is 0 Å². The highest BCUT2D eigenvalue weighted by Gasteiger charge is 2.33. The predicted octanol–water partition coefficient (Wildman–Crippen LogP) is 11.4. The highest BCUT2D eigenvalue weighted by atomic mass is 16.2. The number of nitrogens with zero attached hydrogens (tertiary/aromatic N) is 4. The van der Waals surface area contributed by atoms with E-state index in [1.165, 1.54) is 116 Å². The van der Waals surface area contributed by atoms with E-state index in [1.807, 2.05) is 65.7 Å². The van der Waals surface area contributed by atoms with Crippen LogP contribution in [-0.4, -0.2) is 123 Å². The van der Waals surface area contributed by atoms with E-state index in [1.54, 1.807) is 0 Å². The molecule has 0 rings (SSSR count). The number of amides is 4. The van der Waals surface area contributed by atoms with Gasteiger partial charge in [-0.3, -0.25) is 19.2 Å². The molecule has 0 heterocycles. The Balaban J connectivity index is 4.76. The van der Waals surface area contributed by atoms with E-state index < -0.39 is 12.1 Å². The maximum atomic E-state index is 13.6. The van der Waals surface area contributed by atoms with Gasteiger partial charge >= 0.3 is 0 Å². The summed E-state index contributed by atoms with van der Waals surface area (Å²) in [5, 5.41) is 6.34. The van der Waals surface area contributed by atoms with E-state index in [4.69, 9.17) is 0 Å². The van der Waals surface area contributed by atoms with Crippen molar-refractivity contribution in [3.8, 4) is 0 Å². The molecule has 0 aromatic carbocycles. The summed E-state index contributed by atoms with van der Waals surface area (Å²) in [5.74, 6) is 0.144. The maximum absolute atomic E-state index is 13.6. The van der Waals surface area contributed by atoms with Crippen molar-refractivity contribution in [1.29, 1.82) is 0 Å². The molecule has 4 amide bonds. The molecule has 2 atom stereocenters. The lowest BCUT2D eigenvalue weighted by molar-refractivity contribution is -0.142. The first-order valence-corrected chi connectivity index (χ1v) is 26.7. The number of hydrogen-bond donors (Lipinski definition) is 2. The lowest BCUT2D eigenvalue weighted by Crippen LogP contribution is -2.54. The summed E-state index contributed by atoms with van der Waals surface area (Å²) in [6.45, 7) is 16.5.